The van der Waals surface area contributed by atoms with Crippen LogP contribution in [0, 0.1) is 0 Å². The third-order valence-electron chi connectivity index (χ3n) is 4.13. The summed E-state index contributed by atoms with van der Waals surface area (Å²) >= 11 is 5.87. The standard InChI is InChI=1S/C21H20ClNO/c22-19-10-6-17(7-11-19)14-21(24)18-9-13-20(23-15-18)12-8-16-4-2-1-3-5-16/h1-12,20,23H,13-15H2. The van der Waals surface area contributed by atoms with Gasteiger partial charge in [-0.3, -0.25) is 4.79 Å². The van der Waals surface area contributed by atoms with Gasteiger partial charge in [0.05, 0.1) is 0 Å². The Bertz CT molecular complexity index is 747. The zero-order chi connectivity index (χ0) is 16.8. The Balaban J connectivity index is 1.55. The van der Waals surface area contributed by atoms with Crippen LogP contribution in [-0.4, -0.2) is 18.4 Å². The summed E-state index contributed by atoms with van der Waals surface area (Å²) in [5.41, 5.74) is 3.05. The van der Waals surface area contributed by atoms with E-state index in [1.807, 2.05) is 42.5 Å². The lowest BCUT2D eigenvalue weighted by Crippen LogP contribution is -2.34. The molecule has 1 heterocycles. The van der Waals surface area contributed by atoms with E-state index in [1.165, 1.54) is 5.56 Å². The van der Waals surface area contributed by atoms with E-state index < -0.39 is 0 Å². The van der Waals surface area contributed by atoms with Crippen molar-refractivity contribution in [3.63, 3.8) is 0 Å². The zero-order valence-corrected chi connectivity index (χ0v) is 14.2. The largest absolute Gasteiger partial charge is 0.306 e. The second kappa shape index (κ2) is 8.09. The van der Waals surface area contributed by atoms with Crippen LogP contribution in [0.4, 0.5) is 0 Å². The second-order valence-electron chi connectivity index (χ2n) is 5.95. The highest BCUT2D eigenvalue weighted by Crippen LogP contribution is 2.15. The molecule has 24 heavy (non-hydrogen) atoms. The normalized spacial score (nSPS) is 17.7. The summed E-state index contributed by atoms with van der Waals surface area (Å²) in [5.74, 6) is 0.176. The van der Waals surface area contributed by atoms with Gasteiger partial charge in [-0.25, -0.2) is 0 Å². The topological polar surface area (TPSA) is 29.1 Å². The summed E-state index contributed by atoms with van der Waals surface area (Å²) < 4.78 is 0. The van der Waals surface area contributed by atoms with Crippen LogP contribution < -0.4 is 5.32 Å². The number of carbonyl (C=O) groups excluding carboxylic acids is 1. The molecule has 3 heteroatoms. The number of ketones is 1. The van der Waals surface area contributed by atoms with E-state index in [0.717, 1.165) is 17.6 Å². The monoisotopic (exact) mass is 337 g/mol. The minimum absolute atomic E-state index is 0.176. The number of halogens is 1. The first-order chi connectivity index (χ1) is 11.7. The Kier molecular flexibility index (Phi) is 5.63. The fourth-order valence-electron chi connectivity index (χ4n) is 2.72. The minimum atomic E-state index is 0.176. The van der Waals surface area contributed by atoms with Crippen molar-refractivity contribution in [1.29, 1.82) is 0 Å². The molecule has 1 atom stereocenters. The fourth-order valence-corrected chi connectivity index (χ4v) is 2.84. The van der Waals surface area contributed by atoms with E-state index in [2.05, 4.69) is 35.7 Å². The highest BCUT2D eigenvalue weighted by atomic mass is 35.5. The van der Waals surface area contributed by atoms with Gasteiger partial charge in [-0.2, -0.15) is 0 Å². The van der Waals surface area contributed by atoms with Gasteiger partial charge < -0.3 is 5.32 Å². The lowest BCUT2D eigenvalue weighted by molar-refractivity contribution is -0.115. The van der Waals surface area contributed by atoms with Crippen molar-refractivity contribution in [3.05, 3.63) is 88.5 Å². The summed E-state index contributed by atoms with van der Waals surface area (Å²) in [4.78, 5) is 12.4. The van der Waals surface area contributed by atoms with E-state index >= 15 is 0 Å². The lowest BCUT2D eigenvalue weighted by atomic mass is 9.97. The molecule has 0 amide bonds. The minimum Gasteiger partial charge on any atom is -0.306 e. The van der Waals surface area contributed by atoms with Gasteiger partial charge in [-0.05, 0) is 29.7 Å². The molecule has 0 bridgehead atoms. The van der Waals surface area contributed by atoms with Crippen molar-refractivity contribution < 1.29 is 4.79 Å². The van der Waals surface area contributed by atoms with Crippen LogP contribution in [0.1, 0.15) is 17.5 Å². The van der Waals surface area contributed by atoms with E-state index in [9.17, 15) is 4.79 Å². The number of hydrogen-bond acceptors (Lipinski definition) is 2. The van der Waals surface area contributed by atoms with Crippen molar-refractivity contribution in [2.75, 3.05) is 6.54 Å². The smallest absolute Gasteiger partial charge is 0.164 e. The first-order valence-corrected chi connectivity index (χ1v) is 8.52. The molecule has 0 radical (unpaired) electrons. The Morgan fingerprint density at radius 3 is 2.54 bits per heavy atom. The molecule has 2 nitrogen and oxygen atoms in total. The maximum Gasteiger partial charge on any atom is 0.164 e. The van der Waals surface area contributed by atoms with E-state index in [4.69, 9.17) is 11.6 Å². The van der Waals surface area contributed by atoms with Crippen LogP contribution in [0.15, 0.2) is 72.3 Å². The predicted molar refractivity (Wildman–Crippen MR) is 100 cm³/mol. The number of Topliss-reactive ketones (excluding diaryl/α,β-unsaturated/α-hetero) is 1. The summed E-state index contributed by atoms with van der Waals surface area (Å²) in [6.07, 6.45) is 7.60. The van der Waals surface area contributed by atoms with E-state index in [1.54, 1.807) is 0 Å². The lowest BCUT2D eigenvalue weighted by Gasteiger charge is -2.20. The van der Waals surface area contributed by atoms with Crippen LogP contribution in [0.5, 0.6) is 0 Å². The molecule has 122 valence electrons. The van der Waals surface area contributed by atoms with Gasteiger partial charge in [0.15, 0.2) is 5.78 Å². The number of benzene rings is 2. The average molecular weight is 338 g/mol. The molecule has 0 aromatic heterocycles. The molecule has 1 aliphatic rings. The molecule has 1 unspecified atom stereocenters. The number of rotatable bonds is 5. The van der Waals surface area contributed by atoms with Crippen LogP contribution >= 0.6 is 11.6 Å². The molecule has 0 fully saturated rings. The van der Waals surface area contributed by atoms with Crippen LogP contribution in [0.25, 0.3) is 6.08 Å². The molecular formula is C21H20ClNO. The second-order valence-corrected chi connectivity index (χ2v) is 6.39. The number of carbonyl (C=O) groups is 1. The Morgan fingerprint density at radius 1 is 1.12 bits per heavy atom. The summed E-state index contributed by atoms with van der Waals surface area (Å²) in [6.45, 7) is 0.621. The molecule has 2 aromatic rings. The molecule has 3 rings (SSSR count). The van der Waals surface area contributed by atoms with Crippen molar-refractivity contribution in [2.24, 2.45) is 0 Å². The molecule has 0 spiro atoms. The van der Waals surface area contributed by atoms with Crippen molar-refractivity contribution in [3.8, 4) is 0 Å². The Hall–Kier alpha value is -2.16. The first kappa shape index (κ1) is 16.7. The van der Waals surface area contributed by atoms with Gasteiger partial charge in [0.2, 0.25) is 0 Å². The highest BCUT2D eigenvalue weighted by Gasteiger charge is 2.16. The molecule has 0 aliphatic carbocycles. The first-order valence-electron chi connectivity index (χ1n) is 8.14. The van der Waals surface area contributed by atoms with Crippen molar-refractivity contribution in [2.45, 2.75) is 18.9 Å². The fraction of sp³-hybridized carbons (Fsp3) is 0.190. The third-order valence-corrected chi connectivity index (χ3v) is 4.38. The summed E-state index contributed by atoms with van der Waals surface area (Å²) in [5, 5.41) is 4.11. The van der Waals surface area contributed by atoms with Gasteiger partial charge in [-0.1, -0.05) is 72.3 Å². The van der Waals surface area contributed by atoms with Crippen molar-refractivity contribution >= 4 is 23.5 Å². The van der Waals surface area contributed by atoms with Gasteiger partial charge in [-0.15, -0.1) is 0 Å². The molecular weight excluding hydrogens is 318 g/mol. The van der Waals surface area contributed by atoms with E-state index in [0.29, 0.717) is 18.0 Å². The van der Waals surface area contributed by atoms with Gasteiger partial charge in [0.25, 0.3) is 0 Å². The number of hydrogen-bond donors (Lipinski definition) is 1. The summed E-state index contributed by atoms with van der Waals surface area (Å²) in [7, 11) is 0. The van der Waals surface area contributed by atoms with Gasteiger partial charge in [0.1, 0.15) is 0 Å². The highest BCUT2D eigenvalue weighted by molar-refractivity contribution is 6.30. The molecule has 2 aromatic carbocycles. The van der Waals surface area contributed by atoms with Crippen molar-refractivity contribution in [1.82, 2.24) is 5.32 Å². The SMILES string of the molecule is O=C(Cc1ccc(Cl)cc1)C1=CCC(C=Cc2ccccc2)NC1. The predicted octanol–water partition coefficient (Wildman–Crippen LogP) is 4.45. The number of nitrogens with one attached hydrogen (secondary N) is 1. The van der Waals surface area contributed by atoms with E-state index in [-0.39, 0.29) is 11.8 Å². The maximum atomic E-state index is 12.4. The zero-order valence-electron chi connectivity index (χ0n) is 13.4. The molecule has 1 aliphatic heterocycles. The molecule has 0 saturated carbocycles. The maximum absolute atomic E-state index is 12.4. The van der Waals surface area contributed by atoms with Gasteiger partial charge in [0, 0.05) is 29.6 Å². The molecule has 1 N–H and O–H groups in total. The Morgan fingerprint density at radius 2 is 1.88 bits per heavy atom. The summed E-state index contributed by atoms with van der Waals surface area (Å²) in [6, 6.07) is 18.0. The quantitative estimate of drug-likeness (QED) is 0.873. The third kappa shape index (κ3) is 4.67. The van der Waals surface area contributed by atoms with Crippen LogP contribution in [-0.2, 0) is 11.2 Å². The molecule has 0 saturated heterocycles. The van der Waals surface area contributed by atoms with Gasteiger partial charge >= 0.3 is 0 Å². The Labute approximate surface area is 147 Å². The average Bonchev–Trinajstić information content (AvgIpc) is 2.63. The van der Waals surface area contributed by atoms with Crippen LogP contribution in [0.2, 0.25) is 5.02 Å². The van der Waals surface area contributed by atoms with Crippen LogP contribution in [0.3, 0.4) is 0 Å².